The van der Waals surface area contributed by atoms with Gasteiger partial charge in [0.15, 0.2) is 0 Å². The SMILES string of the molecule is O=C(NCc1ccccc1)[C@H]1Cc2cc(C(F)(F)F)ccc2N2CCN(Cc3ccc(F)cc3)C[C@H]12. The largest absolute Gasteiger partial charge is 0.416 e. The highest BCUT2D eigenvalue weighted by atomic mass is 19.4. The molecule has 3 aromatic rings. The van der Waals surface area contributed by atoms with Crippen LogP contribution in [0.2, 0.25) is 0 Å². The molecule has 1 saturated heterocycles. The number of halogens is 4. The molecule has 188 valence electrons. The third kappa shape index (κ3) is 5.23. The van der Waals surface area contributed by atoms with Crippen LogP contribution in [-0.2, 0) is 30.5 Å². The van der Waals surface area contributed by atoms with Gasteiger partial charge < -0.3 is 10.2 Å². The number of nitrogens with zero attached hydrogens (tertiary/aromatic N) is 2. The van der Waals surface area contributed by atoms with E-state index in [1.54, 1.807) is 18.2 Å². The predicted octanol–water partition coefficient (Wildman–Crippen LogP) is 5.02. The molecule has 0 bridgehead atoms. The molecular formula is C28H27F4N3O. The lowest BCUT2D eigenvalue weighted by Gasteiger charge is -2.49. The summed E-state index contributed by atoms with van der Waals surface area (Å²) < 4.78 is 53.6. The van der Waals surface area contributed by atoms with Crippen LogP contribution in [-0.4, -0.2) is 36.5 Å². The van der Waals surface area contributed by atoms with Crippen molar-refractivity contribution in [3.8, 4) is 0 Å². The molecule has 3 aromatic carbocycles. The molecule has 0 aromatic heterocycles. The Morgan fingerprint density at radius 1 is 0.944 bits per heavy atom. The van der Waals surface area contributed by atoms with Gasteiger partial charge in [-0.1, -0.05) is 42.5 Å². The van der Waals surface area contributed by atoms with Crippen molar-refractivity contribution in [1.29, 1.82) is 0 Å². The number of hydrogen-bond donors (Lipinski definition) is 1. The lowest BCUT2D eigenvalue weighted by Crippen LogP contribution is -2.60. The van der Waals surface area contributed by atoms with Gasteiger partial charge in [0.25, 0.3) is 0 Å². The molecule has 36 heavy (non-hydrogen) atoms. The first-order valence-corrected chi connectivity index (χ1v) is 12.0. The highest BCUT2D eigenvalue weighted by Gasteiger charge is 2.42. The normalized spacial score (nSPS) is 19.9. The summed E-state index contributed by atoms with van der Waals surface area (Å²) in [5, 5.41) is 3.00. The molecule has 0 spiro atoms. The number of benzene rings is 3. The fraction of sp³-hybridized carbons (Fsp3) is 0.321. The number of carbonyl (C=O) groups excluding carboxylic acids is 1. The quantitative estimate of drug-likeness (QED) is 0.503. The van der Waals surface area contributed by atoms with Crippen molar-refractivity contribution in [2.75, 3.05) is 24.5 Å². The molecular weight excluding hydrogens is 470 g/mol. The fourth-order valence-electron chi connectivity index (χ4n) is 5.27. The highest BCUT2D eigenvalue weighted by molar-refractivity contribution is 5.82. The summed E-state index contributed by atoms with van der Waals surface area (Å²) in [6.45, 7) is 2.83. The van der Waals surface area contributed by atoms with E-state index in [-0.39, 0.29) is 24.2 Å². The van der Waals surface area contributed by atoms with E-state index in [2.05, 4.69) is 15.1 Å². The summed E-state index contributed by atoms with van der Waals surface area (Å²) in [6, 6.07) is 19.6. The van der Waals surface area contributed by atoms with E-state index >= 15 is 0 Å². The van der Waals surface area contributed by atoms with E-state index < -0.39 is 17.7 Å². The zero-order valence-corrected chi connectivity index (χ0v) is 19.6. The Bertz CT molecular complexity index is 1210. The second-order valence-corrected chi connectivity index (χ2v) is 9.48. The average molecular weight is 498 g/mol. The van der Waals surface area contributed by atoms with Crippen LogP contribution in [0.5, 0.6) is 0 Å². The van der Waals surface area contributed by atoms with E-state index in [0.717, 1.165) is 22.9 Å². The van der Waals surface area contributed by atoms with Crippen LogP contribution in [0.3, 0.4) is 0 Å². The summed E-state index contributed by atoms with van der Waals surface area (Å²) >= 11 is 0. The molecule has 1 fully saturated rings. The van der Waals surface area contributed by atoms with Crippen molar-refractivity contribution >= 4 is 11.6 Å². The van der Waals surface area contributed by atoms with Crippen LogP contribution in [0.1, 0.15) is 22.3 Å². The molecule has 0 saturated carbocycles. The summed E-state index contributed by atoms with van der Waals surface area (Å²) in [7, 11) is 0. The Balaban J connectivity index is 1.40. The standard InChI is InChI=1S/C28H27F4N3O/c29-23-9-6-20(7-10-23)17-34-12-13-35-25-11-8-22(28(30,31)32)14-21(25)15-24(26(35)18-34)27(36)33-16-19-4-2-1-3-5-19/h1-11,14,24,26H,12-13,15-18H2,(H,33,36)/t24-,26+/m0/s1. The Hall–Kier alpha value is -3.39. The molecule has 0 radical (unpaired) electrons. The molecule has 4 nitrogen and oxygen atoms in total. The van der Waals surface area contributed by atoms with Crippen LogP contribution in [0.25, 0.3) is 0 Å². The van der Waals surface area contributed by atoms with Gasteiger partial charge in [0.1, 0.15) is 5.82 Å². The molecule has 2 heterocycles. The molecule has 0 unspecified atom stereocenters. The lowest BCUT2D eigenvalue weighted by atomic mass is 9.82. The smallest absolute Gasteiger partial charge is 0.365 e. The van der Waals surface area contributed by atoms with Gasteiger partial charge in [0, 0.05) is 38.4 Å². The second kappa shape index (κ2) is 9.93. The summed E-state index contributed by atoms with van der Waals surface area (Å²) in [5.74, 6) is -0.956. The van der Waals surface area contributed by atoms with Crippen LogP contribution < -0.4 is 10.2 Å². The number of carbonyl (C=O) groups is 1. The molecule has 5 rings (SSSR count). The van der Waals surface area contributed by atoms with Gasteiger partial charge in [-0.15, -0.1) is 0 Å². The summed E-state index contributed by atoms with van der Waals surface area (Å²) in [4.78, 5) is 17.7. The van der Waals surface area contributed by atoms with Gasteiger partial charge in [-0.05, 0) is 53.4 Å². The lowest BCUT2D eigenvalue weighted by molar-refractivity contribution is -0.137. The highest BCUT2D eigenvalue weighted by Crippen LogP contribution is 2.40. The third-order valence-electron chi connectivity index (χ3n) is 7.09. The van der Waals surface area contributed by atoms with E-state index in [1.165, 1.54) is 18.2 Å². The summed E-state index contributed by atoms with van der Waals surface area (Å²) in [6.07, 6.45) is -4.20. The van der Waals surface area contributed by atoms with Crippen molar-refractivity contribution in [2.45, 2.75) is 31.7 Å². The first kappa shape index (κ1) is 24.3. The van der Waals surface area contributed by atoms with E-state index in [1.807, 2.05) is 30.3 Å². The maximum atomic E-state index is 13.4. The zero-order valence-electron chi connectivity index (χ0n) is 19.6. The molecule has 2 atom stereocenters. The van der Waals surface area contributed by atoms with Gasteiger partial charge in [0.2, 0.25) is 5.91 Å². The Kier molecular flexibility index (Phi) is 6.71. The van der Waals surface area contributed by atoms with Crippen molar-refractivity contribution in [2.24, 2.45) is 5.92 Å². The zero-order chi connectivity index (χ0) is 25.3. The van der Waals surface area contributed by atoms with Crippen molar-refractivity contribution < 1.29 is 22.4 Å². The monoisotopic (exact) mass is 497 g/mol. The minimum atomic E-state index is -4.44. The molecule has 1 amide bonds. The number of nitrogens with one attached hydrogen (secondary N) is 1. The topological polar surface area (TPSA) is 35.6 Å². The van der Waals surface area contributed by atoms with Crippen LogP contribution in [0.4, 0.5) is 23.2 Å². The molecule has 2 aliphatic heterocycles. The average Bonchev–Trinajstić information content (AvgIpc) is 2.88. The number of anilines is 1. The number of alkyl halides is 3. The molecule has 0 aliphatic carbocycles. The Labute approximate surface area is 207 Å². The van der Waals surface area contributed by atoms with Crippen LogP contribution in [0, 0.1) is 11.7 Å². The van der Waals surface area contributed by atoms with Crippen LogP contribution >= 0.6 is 0 Å². The minimum Gasteiger partial charge on any atom is -0.365 e. The van der Waals surface area contributed by atoms with Crippen molar-refractivity contribution in [3.63, 3.8) is 0 Å². The number of amides is 1. The number of piperazine rings is 1. The molecule has 1 N–H and O–H groups in total. The maximum absolute atomic E-state index is 13.4. The third-order valence-corrected chi connectivity index (χ3v) is 7.09. The molecule has 2 aliphatic rings. The Morgan fingerprint density at radius 2 is 1.69 bits per heavy atom. The predicted molar refractivity (Wildman–Crippen MR) is 130 cm³/mol. The van der Waals surface area contributed by atoms with E-state index in [4.69, 9.17) is 0 Å². The van der Waals surface area contributed by atoms with Gasteiger partial charge in [-0.3, -0.25) is 9.69 Å². The summed E-state index contributed by atoms with van der Waals surface area (Å²) in [5.41, 5.74) is 2.55. The number of fused-ring (bicyclic) bond motifs is 3. The van der Waals surface area contributed by atoms with E-state index in [9.17, 15) is 22.4 Å². The van der Waals surface area contributed by atoms with Crippen molar-refractivity contribution in [1.82, 2.24) is 10.2 Å². The van der Waals surface area contributed by atoms with Gasteiger partial charge in [0.05, 0.1) is 17.5 Å². The first-order valence-electron chi connectivity index (χ1n) is 12.0. The Morgan fingerprint density at radius 3 is 2.42 bits per heavy atom. The van der Waals surface area contributed by atoms with Gasteiger partial charge in [-0.2, -0.15) is 13.2 Å². The number of hydrogen-bond acceptors (Lipinski definition) is 3. The first-order chi connectivity index (χ1) is 17.3. The molecule has 8 heteroatoms. The fourth-order valence-corrected chi connectivity index (χ4v) is 5.27. The van der Waals surface area contributed by atoms with Gasteiger partial charge in [-0.25, -0.2) is 4.39 Å². The number of rotatable bonds is 5. The van der Waals surface area contributed by atoms with E-state index in [0.29, 0.717) is 38.3 Å². The second-order valence-electron chi connectivity index (χ2n) is 9.48. The minimum absolute atomic E-state index is 0.166. The van der Waals surface area contributed by atoms with Gasteiger partial charge >= 0.3 is 6.18 Å². The maximum Gasteiger partial charge on any atom is 0.416 e. The van der Waals surface area contributed by atoms with Crippen molar-refractivity contribution in [3.05, 3.63) is 101 Å². The van der Waals surface area contributed by atoms with Crippen LogP contribution in [0.15, 0.2) is 72.8 Å².